The molecule has 0 heterocycles. The second kappa shape index (κ2) is 6.08. The van der Waals surface area contributed by atoms with E-state index in [1.807, 2.05) is 12.1 Å². The summed E-state index contributed by atoms with van der Waals surface area (Å²) in [6, 6.07) is 7.14. The Balaban J connectivity index is 2.40. The van der Waals surface area contributed by atoms with Gasteiger partial charge in [-0.3, -0.25) is 4.79 Å². The lowest BCUT2D eigenvalue weighted by molar-refractivity contribution is -0.156. The molecule has 0 saturated heterocycles. The summed E-state index contributed by atoms with van der Waals surface area (Å²) in [5.74, 6) is -1.28. The van der Waals surface area contributed by atoms with Crippen molar-refractivity contribution in [3.05, 3.63) is 47.5 Å². The van der Waals surface area contributed by atoms with Gasteiger partial charge in [0.2, 0.25) is 0 Å². The van der Waals surface area contributed by atoms with Gasteiger partial charge in [0.15, 0.2) is 0 Å². The van der Waals surface area contributed by atoms with Crippen molar-refractivity contribution >= 4 is 23.5 Å². The maximum absolute atomic E-state index is 11.1. The van der Waals surface area contributed by atoms with Gasteiger partial charge in [0.25, 0.3) is 0 Å². The molecule has 0 N–H and O–H groups in total. The number of benzene rings is 1. The largest absolute Gasteiger partial charge is 0.390 e. The van der Waals surface area contributed by atoms with E-state index in [1.54, 1.807) is 12.1 Å². The first kappa shape index (κ1) is 12.5. The Labute approximate surface area is 98.7 Å². The van der Waals surface area contributed by atoms with Crippen molar-refractivity contribution in [2.45, 2.75) is 12.8 Å². The Hall–Kier alpha value is -1.61. The molecule has 4 heteroatoms. The summed E-state index contributed by atoms with van der Waals surface area (Å²) in [6.45, 7) is 3.20. The molecule has 1 aromatic rings. The number of aryl methyl sites for hydroxylation is 1. The van der Waals surface area contributed by atoms with Gasteiger partial charge in [0.1, 0.15) is 0 Å². The van der Waals surface area contributed by atoms with Crippen molar-refractivity contribution in [3.63, 3.8) is 0 Å². The van der Waals surface area contributed by atoms with Crippen molar-refractivity contribution in [2.24, 2.45) is 0 Å². The zero-order valence-electron chi connectivity index (χ0n) is 8.61. The molecular formula is C12H11ClO3. The molecule has 0 radical (unpaired) electrons. The fourth-order valence-electron chi connectivity index (χ4n) is 1.10. The minimum Gasteiger partial charge on any atom is -0.390 e. The van der Waals surface area contributed by atoms with Crippen LogP contribution in [0.15, 0.2) is 36.9 Å². The smallest absolute Gasteiger partial charge is 0.337 e. The molecular weight excluding hydrogens is 228 g/mol. The Morgan fingerprint density at radius 3 is 2.50 bits per heavy atom. The molecule has 0 saturated carbocycles. The van der Waals surface area contributed by atoms with E-state index in [-0.39, 0.29) is 6.42 Å². The van der Waals surface area contributed by atoms with E-state index in [0.717, 1.165) is 11.6 Å². The van der Waals surface area contributed by atoms with Crippen LogP contribution in [0.4, 0.5) is 0 Å². The number of esters is 2. The molecule has 0 aliphatic heterocycles. The molecule has 1 rings (SSSR count). The highest BCUT2D eigenvalue weighted by Gasteiger charge is 2.07. The fraction of sp³-hybridized carbons (Fsp3) is 0.167. The monoisotopic (exact) mass is 238 g/mol. The molecule has 0 spiro atoms. The molecule has 0 atom stereocenters. The topological polar surface area (TPSA) is 43.4 Å². The number of rotatable bonds is 4. The normalized spacial score (nSPS) is 9.56. The highest BCUT2D eigenvalue weighted by Crippen LogP contribution is 2.11. The van der Waals surface area contributed by atoms with Crippen LogP contribution in [-0.2, 0) is 20.7 Å². The average molecular weight is 239 g/mol. The summed E-state index contributed by atoms with van der Waals surface area (Å²) in [7, 11) is 0. The molecule has 0 aromatic heterocycles. The molecule has 0 amide bonds. The fourth-order valence-corrected chi connectivity index (χ4v) is 1.23. The zero-order chi connectivity index (χ0) is 12.0. The predicted molar refractivity (Wildman–Crippen MR) is 61.1 cm³/mol. The Kier molecular flexibility index (Phi) is 4.73. The second-order valence-corrected chi connectivity index (χ2v) is 3.56. The molecule has 0 unspecified atom stereocenters. The zero-order valence-corrected chi connectivity index (χ0v) is 9.37. The third kappa shape index (κ3) is 4.28. The van der Waals surface area contributed by atoms with E-state index in [0.29, 0.717) is 11.4 Å². The lowest BCUT2D eigenvalue weighted by Gasteiger charge is -2.01. The average Bonchev–Trinajstić information content (AvgIpc) is 2.28. The van der Waals surface area contributed by atoms with Crippen LogP contribution >= 0.6 is 11.6 Å². The van der Waals surface area contributed by atoms with Gasteiger partial charge in [0, 0.05) is 11.1 Å². The van der Waals surface area contributed by atoms with Gasteiger partial charge < -0.3 is 4.74 Å². The Morgan fingerprint density at radius 1 is 1.31 bits per heavy atom. The van der Waals surface area contributed by atoms with Gasteiger partial charge in [-0.25, -0.2) is 4.79 Å². The summed E-state index contributed by atoms with van der Waals surface area (Å²) in [4.78, 5) is 21.8. The second-order valence-electron chi connectivity index (χ2n) is 3.12. The van der Waals surface area contributed by atoms with E-state index < -0.39 is 11.9 Å². The van der Waals surface area contributed by atoms with Gasteiger partial charge in [-0.15, -0.1) is 0 Å². The van der Waals surface area contributed by atoms with Crippen LogP contribution in [0, 0.1) is 0 Å². The number of carbonyl (C=O) groups excluding carboxylic acids is 2. The van der Waals surface area contributed by atoms with E-state index in [9.17, 15) is 9.59 Å². The standard InChI is InChI=1S/C12H11ClO3/c1-2-11(14)16-12(15)8-5-9-3-6-10(13)7-4-9/h2-4,6-7H,1,5,8H2. The number of ether oxygens (including phenoxy) is 1. The molecule has 1 aromatic carbocycles. The molecule has 0 fully saturated rings. The first-order valence-corrected chi connectivity index (χ1v) is 5.11. The van der Waals surface area contributed by atoms with Crippen molar-refractivity contribution in [3.8, 4) is 0 Å². The van der Waals surface area contributed by atoms with Gasteiger partial charge in [-0.2, -0.15) is 0 Å². The van der Waals surface area contributed by atoms with Crippen molar-refractivity contribution in [2.75, 3.05) is 0 Å². The number of hydrogen-bond acceptors (Lipinski definition) is 3. The molecule has 0 aliphatic rings. The highest BCUT2D eigenvalue weighted by atomic mass is 35.5. The summed E-state index contributed by atoms with van der Waals surface area (Å²) < 4.78 is 4.42. The maximum atomic E-state index is 11.1. The van der Waals surface area contributed by atoms with Crippen LogP contribution in [0.2, 0.25) is 5.02 Å². The molecule has 16 heavy (non-hydrogen) atoms. The maximum Gasteiger partial charge on any atom is 0.337 e. The van der Waals surface area contributed by atoms with E-state index in [1.165, 1.54) is 0 Å². The summed E-state index contributed by atoms with van der Waals surface area (Å²) in [5, 5.41) is 0.646. The predicted octanol–water partition coefficient (Wildman–Crippen LogP) is 2.53. The summed E-state index contributed by atoms with van der Waals surface area (Å²) in [6.07, 6.45) is 1.63. The number of hydrogen-bond donors (Lipinski definition) is 0. The van der Waals surface area contributed by atoms with Crippen molar-refractivity contribution in [1.82, 2.24) is 0 Å². The minimum absolute atomic E-state index is 0.154. The van der Waals surface area contributed by atoms with E-state index >= 15 is 0 Å². The Morgan fingerprint density at radius 2 is 1.94 bits per heavy atom. The summed E-state index contributed by atoms with van der Waals surface area (Å²) in [5.41, 5.74) is 0.965. The van der Waals surface area contributed by atoms with E-state index in [4.69, 9.17) is 11.6 Å². The number of carbonyl (C=O) groups is 2. The molecule has 0 bridgehead atoms. The van der Waals surface area contributed by atoms with Gasteiger partial charge >= 0.3 is 11.9 Å². The molecule has 84 valence electrons. The van der Waals surface area contributed by atoms with Gasteiger partial charge in [0.05, 0.1) is 6.42 Å². The van der Waals surface area contributed by atoms with E-state index in [2.05, 4.69) is 11.3 Å². The lowest BCUT2D eigenvalue weighted by Crippen LogP contribution is -2.10. The van der Waals surface area contributed by atoms with Crippen LogP contribution in [0.5, 0.6) is 0 Å². The molecule has 0 aliphatic carbocycles. The highest BCUT2D eigenvalue weighted by molar-refractivity contribution is 6.30. The molecule has 3 nitrogen and oxygen atoms in total. The lowest BCUT2D eigenvalue weighted by atomic mass is 10.1. The Bertz CT molecular complexity index is 395. The first-order valence-electron chi connectivity index (χ1n) is 4.73. The quantitative estimate of drug-likeness (QED) is 0.460. The SMILES string of the molecule is C=CC(=O)OC(=O)CCc1ccc(Cl)cc1. The third-order valence-corrected chi connectivity index (χ3v) is 2.16. The van der Waals surface area contributed by atoms with Crippen LogP contribution in [-0.4, -0.2) is 11.9 Å². The van der Waals surface area contributed by atoms with Crippen molar-refractivity contribution < 1.29 is 14.3 Å². The van der Waals surface area contributed by atoms with Gasteiger partial charge in [-0.1, -0.05) is 30.3 Å². The van der Waals surface area contributed by atoms with Crippen LogP contribution < -0.4 is 0 Å². The summed E-state index contributed by atoms with van der Waals surface area (Å²) >= 11 is 5.71. The van der Waals surface area contributed by atoms with Crippen LogP contribution in [0.25, 0.3) is 0 Å². The number of halogens is 1. The first-order chi connectivity index (χ1) is 7.61. The minimum atomic E-state index is -0.721. The van der Waals surface area contributed by atoms with Crippen LogP contribution in [0.1, 0.15) is 12.0 Å². The van der Waals surface area contributed by atoms with Crippen LogP contribution in [0.3, 0.4) is 0 Å². The third-order valence-electron chi connectivity index (χ3n) is 1.91. The van der Waals surface area contributed by atoms with Crippen molar-refractivity contribution in [1.29, 1.82) is 0 Å². The van der Waals surface area contributed by atoms with Gasteiger partial charge in [-0.05, 0) is 24.1 Å².